The van der Waals surface area contributed by atoms with Crippen LogP contribution in [0, 0.1) is 0 Å². The molecule has 2 aromatic carbocycles. The normalized spacial score (nSPS) is 9.73. The molecule has 0 aliphatic carbocycles. The van der Waals surface area contributed by atoms with Gasteiger partial charge in [0.25, 0.3) is 0 Å². The molecule has 0 atom stereocenters. The number of aromatic hydroxyl groups is 3. The molecule has 22 heavy (non-hydrogen) atoms. The molecule has 0 amide bonds. The van der Waals surface area contributed by atoms with Crippen LogP contribution in [0.4, 0.5) is 0 Å². The smallest absolute Gasteiger partial charge is 0.160 e. The number of ether oxygens (including phenoxy) is 1. The van der Waals surface area contributed by atoms with Crippen LogP contribution in [0.25, 0.3) is 0 Å². The van der Waals surface area contributed by atoms with E-state index in [2.05, 4.69) is 6.92 Å². The Bertz CT molecular complexity index is 567. The van der Waals surface area contributed by atoms with Crippen molar-refractivity contribution in [1.29, 1.82) is 0 Å². The van der Waals surface area contributed by atoms with Crippen LogP contribution in [0.5, 0.6) is 23.0 Å². The van der Waals surface area contributed by atoms with Gasteiger partial charge in [-0.05, 0) is 42.7 Å². The minimum atomic E-state index is -0.0424. The highest BCUT2D eigenvalue weighted by Crippen LogP contribution is 2.25. The second kappa shape index (κ2) is 9.55. The summed E-state index contributed by atoms with van der Waals surface area (Å²) in [5.74, 6) is 0.630. The van der Waals surface area contributed by atoms with Crippen molar-refractivity contribution >= 4 is 0 Å². The molecular formula is C18H24O4. The van der Waals surface area contributed by atoms with Gasteiger partial charge in [0, 0.05) is 0 Å². The van der Waals surface area contributed by atoms with Crippen molar-refractivity contribution < 1.29 is 20.1 Å². The summed E-state index contributed by atoms with van der Waals surface area (Å²) in [5, 5.41) is 27.3. The summed E-state index contributed by atoms with van der Waals surface area (Å²) in [5.41, 5.74) is 1.09. The van der Waals surface area contributed by atoms with Gasteiger partial charge in [0.2, 0.25) is 0 Å². The predicted molar refractivity (Wildman–Crippen MR) is 87.7 cm³/mol. The van der Waals surface area contributed by atoms with Gasteiger partial charge in [0.05, 0.1) is 7.11 Å². The van der Waals surface area contributed by atoms with Gasteiger partial charge < -0.3 is 20.1 Å². The summed E-state index contributed by atoms with van der Waals surface area (Å²) in [6.07, 6.45) is 4.52. The monoisotopic (exact) mass is 304 g/mol. The first-order valence-corrected chi connectivity index (χ1v) is 7.41. The summed E-state index contributed by atoms with van der Waals surface area (Å²) in [7, 11) is 1.52. The molecule has 0 aliphatic heterocycles. The van der Waals surface area contributed by atoms with E-state index in [0.29, 0.717) is 5.75 Å². The lowest BCUT2D eigenvalue weighted by Gasteiger charge is -2.02. The highest BCUT2D eigenvalue weighted by Gasteiger charge is 1.99. The summed E-state index contributed by atoms with van der Waals surface area (Å²) in [6, 6.07) is 11.9. The number of unbranched alkanes of at least 4 members (excludes halogenated alkanes) is 2. The van der Waals surface area contributed by atoms with Gasteiger partial charge in [-0.2, -0.15) is 0 Å². The van der Waals surface area contributed by atoms with Gasteiger partial charge in [-0.1, -0.05) is 38.0 Å². The van der Waals surface area contributed by atoms with E-state index in [1.165, 1.54) is 26.0 Å². The lowest BCUT2D eigenvalue weighted by Crippen LogP contribution is -1.84. The Hall–Kier alpha value is -2.36. The average molecular weight is 304 g/mol. The maximum atomic E-state index is 9.21. The highest BCUT2D eigenvalue weighted by molar-refractivity contribution is 5.40. The van der Waals surface area contributed by atoms with Crippen molar-refractivity contribution in [2.24, 2.45) is 0 Å². The first kappa shape index (κ1) is 17.7. The van der Waals surface area contributed by atoms with Gasteiger partial charge in [-0.15, -0.1) is 0 Å². The number of benzene rings is 2. The van der Waals surface area contributed by atoms with Gasteiger partial charge in [-0.25, -0.2) is 0 Å². The summed E-state index contributed by atoms with van der Waals surface area (Å²) < 4.78 is 4.79. The molecule has 0 heterocycles. The predicted octanol–water partition coefficient (Wildman–Crippen LogP) is 4.23. The molecule has 0 radical (unpaired) electrons. The number of phenols is 3. The second-order valence-corrected chi connectivity index (χ2v) is 4.95. The van der Waals surface area contributed by atoms with Crippen molar-refractivity contribution in [3.63, 3.8) is 0 Å². The SMILES string of the molecule is CCCCCc1ccc(O)c(O)c1.COc1ccccc1O. The van der Waals surface area contributed by atoms with E-state index >= 15 is 0 Å². The third-order valence-corrected chi connectivity index (χ3v) is 3.19. The Labute approximate surface area is 131 Å². The lowest BCUT2D eigenvalue weighted by molar-refractivity contribution is 0.373. The minimum Gasteiger partial charge on any atom is -0.504 e. The number of methoxy groups -OCH3 is 1. The van der Waals surface area contributed by atoms with Crippen LogP contribution in [-0.2, 0) is 6.42 Å². The van der Waals surface area contributed by atoms with Gasteiger partial charge in [0.1, 0.15) is 0 Å². The zero-order valence-electron chi connectivity index (χ0n) is 13.1. The first-order chi connectivity index (χ1) is 10.6. The number of hydrogen-bond acceptors (Lipinski definition) is 4. The van der Waals surface area contributed by atoms with Crippen LogP contribution in [0.15, 0.2) is 42.5 Å². The molecule has 0 unspecified atom stereocenters. The van der Waals surface area contributed by atoms with Crippen LogP contribution >= 0.6 is 0 Å². The van der Waals surface area contributed by atoms with E-state index in [1.54, 1.807) is 30.3 Å². The molecule has 0 spiro atoms. The summed E-state index contributed by atoms with van der Waals surface area (Å²) in [6.45, 7) is 2.16. The molecule has 0 saturated carbocycles. The van der Waals surface area contributed by atoms with Crippen LogP contribution in [0.3, 0.4) is 0 Å². The fraction of sp³-hybridized carbons (Fsp3) is 0.333. The van der Waals surface area contributed by atoms with Gasteiger partial charge >= 0.3 is 0 Å². The molecule has 0 saturated heterocycles. The fourth-order valence-electron chi connectivity index (χ4n) is 1.93. The Balaban J connectivity index is 0.000000235. The standard InChI is InChI=1S/C11H16O2.C7H8O2/c1-2-3-4-5-9-6-7-10(12)11(13)8-9;1-9-7-5-3-2-4-6(7)8/h6-8,12-13H,2-5H2,1H3;2-5,8H,1H3. The Morgan fingerprint density at radius 3 is 2.14 bits per heavy atom. The number of phenolic OH excluding ortho intramolecular Hbond substituents is 3. The molecule has 2 rings (SSSR count). The molecule has 0 fully saturated rings. The van der Waals surface area contributed by atoms with E-state index in [0.717, 1.165) is 18.4 Å². The topological polar surface area (TPSA) is 69.9 Å². The van der Waals surface area contributed by atoms with Crippen molar-refractivity contribution in [2.45, 2.75) is 32.6 Å². The number of aryl methyl sites for hydroxylation is 1. The van der Waals surface area contributed by atoms with E-state index in [1.807, 2.05) is 6.07 Å². The first-order valence-electron chi connectivity index (χ1n) is 7.41. The van der Waals surface area contributed by atoms with E-state index in [9.17, 15) is 5.11 Å². The van der Waals surface area contributed by atoms with Crippen molar-refractivity contribution in [2.75, 3.05) is 7.11 Å². The third kappa shape index (κ3) is 5.95. The molecule has 4 nitrogen and oxygen atoms in total. The summed E-state index contributed by atoms with van der Waals surface area (Å²) >= 11 is 0. The maximum Gasteiger partial charge on any atom is 0.160 e. The third-order valence-electron chi connectivity index (χ3n) is 3.19. The second-order valence-electron chi connectivity index (χ2n) is 4.95. The van der Waals surface area contributed by atoms with Crippen LogP contribution in [0.1, 0.15) is 31.7 Å². The molecule has 2 aromatic rings. The maximum absolute atomic E-state index is 9.21. The van der Waals surface area contributed by atoms with Crippen molar-refractivity contribution in [3.05, 3.63) is 48.0 Å². The Morgan fingerprint density at radius 2 is 1.59 bits per heavy atom. The van der Waals surface area contributed by atoms with E-state index in [-0.39, 0.29) is 17.2 Å². The van der Waals surface area contributed by atoms with Crippen LogP contribution < -0.4 is 4.74 Å². The number of hydrogen-bond donors (Lipinski definition) is 3. The number of para-hydroxylation sites is 2. The summed E-state index contributed by atoms with van der Waals surface area (Å²) in [4.78, 5) is 0. The molecule has 0 aliphatic rings. The zero-order chi connectivity index (χ0) is 16.4. The van der Waals surface area contributed by atoms with Crippen LogP contribution in [0.2, 0.25) is 0 Å². The molecule has 120 valence electrons. The molecular weight excluding hydrogens is 280 g/mol. The zero-order valence-corrected chi connectivity index (χ0v) is 13.1. The van der Waals surface area contributed by atoms with Crippen molar-refractivity contribution in [3.8, 4) is 23.0 Å². The Kier molecular flexibility index (Phi) is 7.68. The molecule has 3 N–H and O–H groups in total. The van der Waals surface area contributed by atoms with Crippen molar-refractivity contribution in [1.82, 2.24) is 0 Å². The van der Waals surface area contributed by atoms with Gasteiger partial charge in [-0.3, -0.25) is 0 Å². The largest absolute Gasteiger partial charge is 0.504 e. The molecule has 0 aromatic heterocycles. The molecule has 0 bridgehead atoms. The fourth-order valence-corrected chi connectivity index (χ4v) is 1.93. The average Bonchev–Trinajstić information content (AvgIpc) is 2.52. The Morgan fingerprint density at radius 1 is 0.864 bits per heavy atom. The van der Waals surface area contributed by atoms with Gasteiger partial charge in [0.15, 0.2) is 23.0 Å². The minimum absolute atomic E-state index is 0.0194. The van der Waals surface area contributed by atoms with E-state index < -0.39 is 0 Å². The van der Waals surface area contributed by atoms with E-state index in [4.69, 9.17) is 14.9 Å². The van der Waals surface area contributed by atoms with Crippen LogP contribution in [-0.4, -0.2) is 22.4 Å². The highest BCUT2D eigenvalue weighted by atomic mass is 16.5. The quantitative estimate of drug-likeness (QED) is 0.571. The lowest BCUT2D eigenvalue weighted by atomic mass is 10.1. The number of rotatable bonds is 5. The molecule has 4 heteroatoms.